The van der Waals surface area contributed by atoms with Gasteiger partial charge < -0.3 is 10.6 Å². The Hall–Kier alpha value is -2.71. The van der Waals surface area contributed by atoms with Crippen LogP contribution in [0.25, 0.3) is 0 Å². The van der Waals surface area contributed by atoms with Crippen LogP contribution in [0, 0.1) is 5.92 Å². The molecule has 0 radical (unpaired) electrons. The van der Waals surface area contributed by atoms with E-state index in [4.69, 9.17) is 0 Å². The number of nitrogens with zero attached hydrogens (tertiary/aromatic N) is 1. The minimum absolute atomic E-state index is 0.0316. The molecule has 0 bridgehead atoms. The molecule has 2 N–H and O–H groups in total. The number of carbonyl (C=O) groups excluding carboxylic acids is 2. The van der Waals surface area contributed by atoms with Gasteiger partial charge in [-0.3, -0.25) is 9.59 Å². The molecule has 1 atom stereocenters. The third-order valence-corrected chi connectivity index (χ3v) is 8.34. The van der Waals surface area contributed by atoms with E-state index in [0.29, 0.717) is 30.0 Å². The van der Waals surface area contributed by atoms with Gasteiger partial charge in [0.1, 0.15) is 0 Å². The number of benzene rings is 2. The summed E-state index contributed by atoms with van der Waals surface area (Å²) in [7, 11) is -3.60. The molecule has 1 fully saturated rings. The van der Waals surface area contributed by atoms with Crippen molar-refractivity contribution >= 4 is 27.5 Å². The Balaban J connectivity index is 1.63. The van der Waals surface area contributed by atoms with Gasteiger partial charge in [-0.15, -0.1) is 0 Å². The predicted octanol–water partition coefficient (Wildman–Crippen LogP) is 4.38. The van der Waals surface area contributed by atoms with Gasteiger partial charge in [-0.1, -0.05) is 45.0 Å². The molecule has 1 aliphatic rings. The van der Waals surface area contributed by atoms with Gasteiger partial charge in [0.15, 0.2) is 0 Å². The topological polar surface area (TPSA) is 95.6 Å². The van der Waals surface area contributed by atoms with Crippen LogP contribution in [-0.4, -0.2) is 43.7 Å². The molecule has 1 aliphatic heterocycles. The fraction of sp³-hybridized carbons (Fsp3) is 0.462. The van der Waals surface area contributed by atoms with Crippen molar-refractivity contribution in [2.24, 2.45) is 5.92 Å². The smallest absolute Gasteiger partial charge is 0.253 e. The first-order valence-corrected chi connectivity index (χ1v) is 13.4. The Bertz CT molecular complexity index is 1110. The summed E-state index contributed by atoms with van der Waals surface area (Å²) in [5.41, 5.74) is 1.97. The lowest BCUT2D eigenvalue weighted by Gasteiger charge is -2.30. The lowest BCUT2D eigenvalue weighted by Crippen LogP contribution is -2.41. The minimum atomic E-state index is -3.60. The quantitative estimate of drug-likeness (QED) is 0.580. The summed E-state index contributed by atoms with van der Waals surface area (Å²) in [6.45, 7) is 8.61. The van der Waals surface area contributed by atoms with Crippen LogP contribution >= 0.6 is 0 Å². The highest BCUT2D eigenvalue weighted by atomic mass is 32.2. The van der Waals surface area contributed by atoms with Gasteiger partial charge >= 0.3 is 0 Å². The van der Waals surface area contributed by atoms with Crippen molar-refractivity contribution in [1.82, 2.24) is 9.62 Å². The molecule has 2 aromatic carbocycles. The zero-order valence-corrected chi connectivity index (χ0v) is 21.2. The van der Waals surface area contributed by atoms with Crippen LogP contribution < -0.4 is 10.6 Å². The minimum Gasteiger partial charge on any atom is -0.350 e. The summed E-state index contributed by atoms with van der Waals surface area (Å²) in [4.78, 5) is 25.8. The van der Waals surface area contributed by atoms with Gasteiger partial charge in [0.05, 0.1) is 16.1 Å². The normalized spacial score (nSPS) is 16.3. The van der Waals surface area contributed by atoms with Crippen LogP contribution in [0.15, 0.2) is 53.4 Å². The van der Waals surface area contributed by atoms with E-state index in [1.165, 1.54) is 4.31 Å². The average molecular weight is 486 g/mol. The molecule has 1 unspecified atom stereocenters. The van der Waals surface area contributed by atoms with Crippen LogP contribution in [0.4, 0.5) is 5.69 Å². The Kier molecular flexibility index (Phi) is 8.49. The summed E-state index contributed by atoms with van der Waals surface area (Å²) in [5.74, 6) is -0.408. The number of nitrogens with one attached hydrogen (secondary N) is 2. The molecule has 7 nitrogen and oxygen atoms in total. The van der Waals surface area contributed by atoms with Crippen molar-refractivity contribution in [3.63, 3.8) is 0 Å². The number of rotatable bonds is 8. The van der Waals surface area contributed by atoms with Gasteiger partial charge in [-0.05, 0) is 61.9 Å². The first-order chi connectivity index (χ1) is 16.1. The first-order valence-electron chi connectivity index (χ1n) is 11.9. The van der Waals surface area contributed by atoms with E-state index < -0.39 is 10.0 Å². The van der Waals surface area contributed by atoms with Gasteiger partial charge in [-0.25, -0.2) is 8.42 Å². The van der Waals surface area contributed by atoms with E-state index in [2.05, 4.69) is 24.5 Å². The zero-order chi connectivity index (χ0) is 24.9. The molecule has 0 saturated carbocycles. The van der Waals surface area contributed by atoms with Gasteiger partial charge in [0.25, 0.3) is 5.91 Å². The van der Waals surface area contributed by atoms with Crippen molar-refractivity contribution in [2.75, 3.05) is 18.4 Å². The van der Waals surface area contributed by atoms with Gasteiger partial charge in [0.2, 0.25) is 15.9 Å². The molecule has 184 valence electrons. The molecule has 3 rings (SSSR count). The molecule has 0 aromatic heterocycles. The highest BCUT2D eigenvalue weighted by Gasteiger charge is 2.32. The number of amides is 2. The lowest BCUT2D eigenvalue weighted by molar-refractivity contribution is -0.120. The number of anilines is 1. The molecule has 2 aromatic rings. The summed E-state index contributed by atoms with van der Waals surface area (Å²) in [6.07, 6.45) is 1.66. The van der Waals surface area contributed by atoms with E-state index in [9.17, 15) is 18.0 Å². The second kappa shape index (κ2) is 11.1. The third kappa shape index (κ3) is 6.04. The summed E-state index contributed by atoms with van der Waals surface area (Å²) >= 11 is 0. The predicted molar refractivity (Wildman–Crippen MR) is 134 cm³/mol. The van der Waals surface area contributed by atoms with Crippen molar-refractivity contribution in [1.29, 1.82) is 0 Å². The molecule has 1 heterocycles. The van der Waals surface area contributed by atoms with E-state index in [0.717, 1.165) is 12.0 Å². The van der Waals surface area contributed by atoms with E-state index in [1.54, 1.807) is 36.4 Å². The summed E-state index contributed by atoms with van der Waals surface area (Å²) in [6, 6.07) is 14.0. The van der Waals surface area contributed by atoms with Gasteiger partial charge in [-0.2, -0.15) is 4.31 Å². The maximum atomic E-state index is 13.0. The second-order valence-corrected chi connectivity index (χ2v) is 11.2. The molecule has 0 spiro atoms. The Labute approximate surface area is 203 Å². The summed E-state index contributed by atoms with van der Waals surface area (Å²) in [5, 5.41) is 5.81. The fourth-order valence-corrected chi connectivity index (χ4v) is 5.43. The number of hydrogen-bond donors (Lipinski definition) is 2. The summed E-state index contributed by atoms with van der Waals surface area (Å²) < 4.78 is 27.6. The molecule has 1 saturated heterocycles. The number of piperidine rings is 1. The van der Waals surface area contributed by atoms with Crippen LogP contribution in [-0.2, 0) is 14.8 Å². The van der Waals surface area contributed by atoms with Crippen LogP contribution in [0.2, 0.25) is 0 Å². The molecular formula is C26H35N3O4S. The van der Waals surface area contributed by atoms with Crippen LogP contribution in [0.3, 0.4) is 0 Å². The Morgan fingerprint density at radius 1 is 1.00 bits per heavy atom. The second-order valence-electron chi connectivity index (χ2n) is 9.22. The van der Waals surface area contributed by atoms with Crippen molar-refractivity contribution in [3.8, 4) is 0 Å². The molecule has 0 aliphatic carbocycles. The number of para-hydroxylation sites is 1. The zero-order valence-electron chi connectivity index (χ0n) is 20.4. The monoisotopic (exact) mass is 485 g/mol. The third-order valence-electron chi connectivity index (χ3n) is 6.43. The average Bonchev–Trinajstić information content (AvgIpc) is 2.84. The van der Waals surface area contributed by atoms with E-state index in [1.807, 2.05) is 26.0 Å². The van der Waals surface area contributed by atoms with E-state index >= 15 is 0 Å². The SMILES string of the molecule is CCC(C)NC(=O)c1ccccc1NC(=O)C1CCN(S(=O)(=O)c2ccc(C(C)C)cc2)CC1. The largest absolute Gasteiger partial charge is 0.350 e. The first kappa shape index (κ1) is 25.9. The van der Waals surface area contributed by atoms with Gasteiger partial charge in [0, 0.05) is 25.0 Å². The van der Waals surface area contributed by atoms with Crippen molar-refractivity contribution in [3.05, 3.63) is 59.7 Å². The number of sulfonamides is 1. The van der Waals surface area contributed by atoms with Crippen molar-refractivity contribution in [2.45, 2.75) is 63.8 Å². The number of carbonyl (C=O) groups is 2. The Morgan fingerprint density at radius 2 is 1.62 bits per heavy atom. The Morgan fingerprint density at radius 3 is 2.21 bits per heavy atom. The van der Waals surface area contributed by atoms with Crippen LogP contribution in [0.5, 0.6) is 0 Å². The van der Waals surface area contributed by atoms with Crippen molar-refractivity contribution < 1.29 is 18.0 Å². The maximum absolute atomic E-state index is 13.0. The molecular weight excluding hydrogens is 450 g/mol. The molecule has 2 amide bonds. The molecule has 34 heavy (non-hydrogen) atoms. The van der Waals surface area contributed by atoms with E-state index in [-0.39, 0.29) is 41.8 Å². The molecule has 8 heteroatoms. The standard InChI is InChI=1S/C26H35N3O4S/c1-5-19(4)27-26(31)23-8-6-7-9-24(23)28-25(30)21-14-16-29(17-15-21)34(32,33)22-12-10-20(11-13-22)18(2)3/h6-13,18-19,21H,5,14-17H2,1-4H3,(H,27,31)(H,28,30). The number of hydrogen-bond acceptors (Lipinski definition) is 4. The lowest BCUT2D eigenvalue weighted by atomic mass is 9.97. The highest BCUT2D eigenvalue weighted by molar-refractivity contribution is 7.89. The maximum Gasteiger partial charge on any atom is 0.253 e. The van der Waals surface area contributed by atoms with Crippen LogP contribution in [0.1, 0.15) is 68.8 Å². The fourth-order valence-electron chi connectivity index (χ4n) is 3.96. The highest BCUT2D eigenvalue weighted by Crippen LogP contribution is 2.26.